The van der Waals surface area contributed by atoms with Gasteiger partial charge in [0.1, 0.15) is 5.75 Å². The highest BCUT2D eigenvalue weighted by atomic mass is 16.5. The van der Waals surface area contributed by atoms with E-state index < -0.39 is 5.91 Å². The number of hydrogen-bond donors (Lipinski definition) is 2. The summed E-state index contributed by atoms with van der Waals surface area (Å²) in [6.45, 7) is 1.86. The van der Waals surface area contributed by atoms with E-state index in [4.69, 9.17) is 4.74 Å². The predicted octanol–water partition coefficient (Wildman–Crippen LogP) is 4.13. The van der Waals surface area contributed by atoms with Crippen molar-refractivity contribution in [2.45, 2.75) is 13.3 Å². The maximum Gasteiger partial charge on any atom is 0.302 e. The fourth-order valence-corrected chi connectivity index (χ4v) is 2.32. The number of carbonyl (C=O) groups is 1. The molecule has 6 nitrogen and oxygen atoms in total. The first-order chi connectivity index (χ1) is 11.7. The number of nitrogens with one attached hydrogen (secondary N) is 1. The lowest BCUT2D eigenvalue weighted by atomic mass is 10.2. The van der Waals surface area contributed by atoms with E-state index in [-0.39, 0.29) is 18.2 Å². The molecule has 24 heavy (non-hydrogen) atoms. The Morgan fingerprint density at radius 1 is 1.17 bits per heavy atom. The SMILES string of the molecule is CCc1ccc(OCC(=O)N=Nc2c(O)[nH]c3ccccc23)cc1. The first-order valence-corrected chi connectivity index (χ1v) is 7.63. The van der Waals surface area contributed by atoms with E-state index in [1.165, 1.54) is 5.56 Å². The van der Waals surface area contributed by atoms with Gasteiger partial charge in [0.05, 0.1) is 5.52 Å². The minimum atomic E-state index is -0.528. The van der Waals surface area contributed by atoms with Crippen LogP contribution in [0.4, 0.5) is 5.69 Å². The zero-order valence-electron chi connectivity index (χ0n) is 13.2. The number of aryl methyl sites for hydroxylation is 1. The molecule has 0 aliphatic carbocycles. The maximum absolute atomic E-state index is 11.8. The van der Waals surface area contributed by atoms with E-state index in [0.717, 1.165) is 11.9 Å². The lowest BCUT2D eigenvalue weighted by molar-refractivity contribution is -0.120. The fourth-order valence-electron chi connectivity index (χ4n) is 2.32. The third-order valence-corrected chi connectivity index (χ3v) is 3.62. The van der Waals surface area contributed by atoms with Crippen molar-refractivity contribution in [1.82, 2.24) is 4.98 Å². The van der Waals surface area contributed by atoms with Crippen LogP contribution in [-0.2, 0) is 11.2 Å². The molecule has 0 unspecified atom stereocenters. The Morgan fingerprint density at radius 2 is 1.92 bits per heavy atom. The van der Waals surface area contributed by atoms with Crippen LogP contribution in [0.3, 0.4) is 0 Å². The lowest BCUT2D eigenvalue weighted by Gasteiger charge is -2.03. The summed E-state index contributed by atoms with van der Waals surface area (Å²) >= 11 is 0. The lowest BCUT2D eigenvalue weighted by Crippen LogP contribution is -2.07. The molecule has 0 aliphatic rings. The van der Waals surface area contributed by atoms with Gasteiger partial charge in [0, 0.05) is 5.39 Å². The second-order valence-corrected chi connectivity index (χ2v) is 5.25. The van der Waals surface area contributed by atoms with Crippen molar-refractivity contribution < 1.29 is 14.6 Å². The molecule has 0 saturated carbocycles. The van der Waals surface area contributed by atoms with Crippen molar-refractivity contribution >= 4 is 22.5 Å². The van der Waals surface area contributed by atoms with E-state index >= 15 is 0 Å². The number of benzene rings is 2. The summed E-state index contributed by atoms with van der Waals surface area (Å²) in [7, 11) is 0. The Morgan fingerprint density at radius 3 is 2.67 bits per heavy atom. The van der Waals surface area contributed by atoms with Gasteiger partial charge in [-0.1, -0.05) is 37.3 Å². The number of aromatic amines is 1. The third-order valence-electron chi connectivity index (χ3n) is 3.62. The monoisotopic (exact) mass is 323 g/mol. The van der Waals surface area contributed by atoms with E-state index in [1.807, 2.05) is 36.4 Å². The standard InChI is InChI=1S/C18H17N3O3/c1-2-12-7-9-13(10-8-12)24-11-16(22)20-21-17-14-5-3-4-6-15(14)19-18(17)23/h3-10,19,23H,2,11H2,1H3. The summed E-state index contributed by atoms with van der Waals surface area (Å²) in [5.74, 6) is -0.0474. The predicted molar refractivity (Wildman–Crippen MR) is 90.8 cm³/mol. The molecule has 0 fully saturated rings. The van der Waals surface area contributed by atoms with E-state index in [9.17, 15) is 9.90 Å². The number of rotatable bonds is 5. The van der Waals surface area contributed by atoms with E-state index in [2.05, 4.69) is 22.1 Å². The molecule has 0 aliphatic heterocycles. The number of para-hydroxylation sites is 1. The molecule has 0 atom stereocenters. The van der Waals surface area contributed by atoms with Gasteiger partial charge >= 0.3 is 5.91 Å². The van der Waals surface area contributed by atoms with Crippen LogP contribution < -0.4 is 4.74 Å². The highest BCUT2D eigenvalue weighted by molar-refractivity contribution is 5.94. The highest BCUT2D eigenvalue weighted by Crippen LogP contribution is 2.35. The van der Waals surface area contributed by atoms with Crippen LogP contribution >= 0.6 is 0 Å². The summed E-state index contributed by atoms with van der Waals surface area (Å²) in [4.78, 5) is 14.6. The number of aromatic nitrogens is 1. The number of H-pyrrole nitrogens is 1. The van der Waals surface area contributed by atoms with Gasteiger partial charge in [-0.05, 0) is 30.2 Å². The molecule has 3 aromatic rings. The molecule has 0 spiro atoms. The molecular weight excluding hydrogens is 306 g/mol. The van der Waals surface area contributed by atoms with Gasteiger partial charge in [-0.15, -0.1) is 10.2 Å². The second kappa shape index (κ2) is 6.95. The van der Waals surface area contributed by atoms with Crippen molar-refractivity contribution in [3.05, 3.63) is 54.1 Å². The van der Waals surface area contributed by atoms with Crippen LogP contribution in [-0.4, -0.2) is 22.6 Å². The largest absolute Gasteiger partial charge is 0.493 e. The molecule has 0 bridgehead atoms. The number of aromatic hydroxyl groups is 1. The summed E-state index contributed by atoms with van der Waals surface area (Å²) in [6, 6.07) is 14.8. The Bertz CT molecular complexity index is 882. The average Bonchev–Trinajstić information content (AvgIpc) is 2.93. The van der Waals surface area contributed by atoms with Crippen LogP contribution in [0.5, 0.6) is 11.6 Å². The van der Waals surface area contributed by atoms with Crippen LogP contribution in [0.2, 0.25) is 0 Å². The number of fused-ring (bicyclic) bond motifs is 1. The smallest absolute Gasteiger partial charge is 0.302 e. The van der Waals surface area contributed by atoms with E-state index in [1.54, 1.807) is 12.1 Å². The molecule has 2 aromatic carbocycles. The minimum absolute atomic E-state index is 0.121. The van der Waals surface area contributed by atoms with Crippen molar-refractivity contribution in [2.75, 3.05) is 6.61 Å². The number of hydrogen-bond acceptors (Lipinski definition) is 4. The quantitative estimate of drug-likeness (QED) is 0.692. The Hall–Kier alpha value is -3.15. The Balaban J connectivity index is 1.65. The highest BCUT2D eigenvalue weighted by Gasteiger charge is 2.10. The molecule has 6 heteroatoms. The number of azo groups is 1. The maximum atomic E-state index is 11.8. The van der Waals surface area contributed by atoms with Crippen molar-refractivity contribution in [3.8, 4) is 11.6 Å². The molecule has 122 valence electrons. The van der Waals surface area contributed by atoms with Crippen molar-refractivity contribution in [3.63, 3.8) is 0 Å². The third kappa shape index (κ3) is 3.43. The summed E-state index contributed by atoms with van der Waals surface area (Å²) in [6.07, 6.45) is 0.946. The van der Waals surface area contributed by atoms with Gasteiger partial charge in [-0.25, -0.2) is 0 Å². The van der Waals surface area contributed by atoms with E-state index in [0.29, 0.717) is 11.1 Å². The average molecular weight is 323 g/mol. The van der Waals surface area contributed by atoms with Crippen LogP contribution in [0.15, 0.2) is 58.8 Å². The summed E-state index contributed by atoms with van der Waals surface area (Å²) in [5.41, 5.74) is 2.16. The molecule has 0 radical (unpaired) electrons. The Kier molecular flexibility index (Phi) is 4.56. The van der Waals surface area contributed by atoms with Gasteiger partial charge in [0.2, 0.25) is 5.88 Å². The number of carbonyl (C=O) groups excluding carboxylic acids is 1. The number of nitrogens with zero attached hydrogens (tertiary/aromatic N) is 2. The molecule has 0 saturated heterocycles. The van der Waals surface area contributed by atoms with Gasteiger partial charge < -0.3 is 14.8 Å². The fraction of sp³-hybridized carbons (Fsp3) is 0.167. The number of ether oxygens (including phenoxy) is 1. The van der Waals surface area contributed by atoms with Gasteiger partial charge in [-0.2, -0.15) is 0 Å². The first-order valence-electron chi connectivity index (χ1n) is 7.63. The second-order valence-electron chi connectivity index (χ2n) is 5.25. The molecule has 1 aromatic heterocycles. The van der Waals surface area contributed by atoms with Crippen LogP contribution in [0.1, 0.15) is 12.5 Å². The van der Waals surface area contributed by atoms with Crippen LogP contribution in [0.25, 0.3) is 10.9 Å². The zero-order chi connectivity index (χ0) is 16.9. The molecule has 1 heterocycles. The normalized spacial score (nSPS) is 11.2. The summed E-state index contributed by atoms with van der Waals surface area (Å²) < 4.78 is 5.38. The van der Waals surface area contributed by atoms with Crippen LogP contribution in [0, 0.1) is 0 Å². The van der Waals surface area contributed by atoms with Crippen molar-refractivity contribution in [1.29, 1.82) is 0 Å². The molecular formula is C18H17N3O3. The topological polar surface area (TPSA) is 87.0 Å². The van der Waals surface area contributed by atoms with Gasteiger partial charge in [0.25, 0.3) is 0 Å². The van der Waals surface area contributed by atoms with Gasteiger partial charge in [0.15, 0.2) is 12.3 Å². The number of amides is 1. The van der Waals surface area contributed by atoms with Crippen molar-refractivity contribution in [2.24, 2.45) is 10.2 Å². The first kappa shape index (κ1) is 15.7. The Labute approximate surface area is 138 Å². The van der Waals surface area contributed by atoms with Gasteiger partial charge in [-0.3, -0.25) is 4.79 Å². The molecule has 3 rings (SSSR count). The molecule has 1 amide bonds. The summed E-state index contributed by atoms with van der Waals surface area (Å²) in [5, 5.41) is 18.0. The zero-order valence-corrected chi connectivity index (χ0v) is 13.2. The minimum Gasteiger partial charge on any atom is -0.493 e. The molecule has 2 N–H and O–H groups in total.